The van der Waals surface area contributed by atoms with E-state index in [9.17, 15) is 8.42 Å². The minimum absolute atomic E-state index is 0.0510. The smallest absolute Gasteiger partial charge is 0.243 e. The number of halogens is 1. The van der Waals surface area contributed by atoms with E-state index in [-0.39, 0.29) is 16.1 Å². The van der Waals surface area contributed by atoms with Gasteiger partial charge in [-0.05, 0) is 51.0 Å². The molecular formula is C14H22ClN3O2S. The Labute approximate surface area is 132 Å². The van der Waals surface area contributed by atoms with E-state index in [0.29, 0.717) is 0 Å². The van der Waals surface area contributed by atoms with Crippen molar-refractivity contribution < 1.29 is 8.42 Å². The number of aromatic nitrogens is 1. The standard InChI is InChI=1S/C14H22ClN3O2S/c1-3-8-18-9-5-12(6-10-18)17(2)21(19,20)13-4-7-16-14(15)11-13/h4,7,11-12H,3,5-6,8-10H2,1-2H3. The molecule has 0 radical (unpaired) electrons. The van der Waals surface area contributed by atoms with E-state index in [4.69, 9.17) is 11.6 Å². The normalized spacial score (nSPS) is 18.3. The Hall–Kier alpha value is -0.690. The number of pyridine rings is 1. The Kier molecular flexibility index (Phi) is 5.60. The van der Waals surface area contributed by atoms with Crippen molar-refractivity contribution >= 4 is 21.6 Å². The fraction of sp³-hybridized carbons (Fsp3) is 0.643. The lowest BCUT2D eigenvalue weighted by Crippen LogP contribution is -2.45. The molecule has 1 aromatic heterocycles. The molecule has 7 heteroatoms. The number of hydrogen-bond donors (Lipinski definition) is 0. The first-order valence-electron chi connectivity index (χ1n) is 7.27. The fourth-order valence-corrected chi connectivity index (χ4v) is 4.40. The van der Waals surface area contributed by atoms with Gasteiger partial charge in [-0.25, -0.2) is 13.4 Å². The monoisotopic (exact) mass is 331 g/mol. The zero-order valence-electron chi connectivity index (χ0n) is 12.5. The fourth-order valence-electron chi connectivity index (χ4n) is 2.73. The van der Waals surface area contributed by atoms with Crippen LogP contribution in [0.4, 0.5) is 0 Å². The van der Waals surface area contributed by atoms with Gasteiger partial charge in [0, 0.05) is 19.3 Å². The summed E-state index contributed by atoms with van der Waals surface area (Å²) in [5, 5.41) is 0.197. The van der Waals surface area contributed by atoms with Gasteiger partial charge in [0.1, 0.15) is 5.15 Å². The molecule has 0 aliphatic carbocycles. The minimum Gasteiger partial charge on any atom is -0.303 e. The van der Waals surface area contributed by atoms with Crippen molar-refractivity contribution in [1.82, 2.24) is 14.2 Å². The highest BCUT2D eigenvalue weighted by molar-refractivity contribution is 7.89. The van der Waals surface area contributed by atoms with Gasteiger partial charge in [0.25, 0.3) is 0 Å². The predicted octanol–water partition coefficient (Wildman–Crippen LogP) is 2.23. The number of rotatable bonds is 5. The van der Waals surface area contributed by atoms with E-state index in [2.05, 4.69) is 16.8 Å². The Morgan fingerprint density at radius 3 is 2.67 bits per heavy atom. The highest BCUT2D eigenvalue weighted by Crippen LogP contribution is 2.23. The van der Waals surface area contributed by atoms with Gasteiger partial charge in [0.2, 0.25) is 10.0 Å². The maximum absolute atomic E-state index is 12.6. The SMILES string of the molecule is CCCN1CCC(N(C)S(=O)(=O)c2ccnc(Cl)c2)CC1. The van der Waals surface area contributed by atoms with Crippen LogP contribution >= 0.6 is 11.6 Å². The largest absolute Gasteiger partial charge is 0.303 e. The van der Waals surface area contributed by atoms with Crippen LogP contribution in [0, 0.1) is 0 Å². The second-order valence-electron chi connectivity index (χ2n) is 5.41. The summed E-state index contributed by atoms with van der Waals surface area (Å²) >= 11 is 5.79. The van der Waals surface area contributed by atoms with Gasteiger partial charge < -0.3 is 4.90 Å². The van der Waals surface area contributed by atoms with Crippen LogP contribution in [0.15, 0.2) is 23.2 Å². The Balaban J connectivity index is 2.07. The lowest BCUT2D eigenvalue weighted by Gasteiger charge is -2.36. The third-order valence-electron chi connectivity index (χ3n) is 3.99. The molecule has 1 aliphatic heterocycles. The van der Waals surface area contributed by atoms with Gasteiger partial charge in [-0.2, -0.15) is 4.31 Å². The molecule has 1 fully saturated rings. The van der Waals surface area contributed by atoms with E-state index in [1.807, 2.05) is 0 Å². The van der Waals surface area contributed by atoms with Crippen molar-refractivity contribution in [3.05, 3.63) is 23.5 Å². The maximum atomic E-state index is 12.6. The molecule has 2 rings (SSSR count). The summed E-state index contributed by atoms with van der Waals surface area (Å²) < 4.78 is 26.7. The topological polar surface area (TPSA) is 53.5 Å². The average molecular weight is 332 g/mol. The molecule has 0 aromatic carbocycles. The zero-order chi connectivity index (χ0) is 15.5. The second kappa shape index (κ2) is 7.05. The van der Waals surface area contributed by atoms with Gasteiger partial charge in [-0.15, -0.1) is 0 Å². The average Bonchev–Trinajstić information content (AvgIpc) is 2.47. The Bertz CT molecular complexity index is 571. The minimum atomic E-state index is -3.50. The van der Waals surface area contributed by atoms with E-state index in [1.54, 1.807) is 7.05 Å². The van der Waals surface area contributed by atoms with Crippen LogP contribution in [0.5, 0.6) is 0 Å². The van der Waals surface area contributed by atoms with Crippen molar-refractivity contribution in [2.45, 2.75) is 37.1 Å². The molecule has 0 saturated carbocycles. The molecule has 0 unspecified atom stereocenters. The van der Waals surface area contributed by atoms with Gasteiger partial charge in [-0.1, -0.05) is 18.5 Å². The molecule has 1 aromatic rings. The molecular weight excluding hydrogens is 310 g/mol. The molecule has 0 bridgehead atoms. The summed E-state index contributed by atoms with van der Waals surface area (Å²) in [6.07, 6.45) is 4.30. The van der Waals surface area contributed by atoms with Crippen molar-refractivity contribution in [1.29, 1.82) is 0 Å². The summed E-state index contributed by atoms with van der Waals surface area (Å²) in [6.45, 7) is 5.16. The molecule has 0 spiro atoms. The maximum Gasteiger partial charge on any atom is 0.243 e. The number of likely N-dealkylation sites (tertiary alicyclic amines) is 1. The first-order chi connectivity index (χ1) is 9.95. The highest BCUT2D eigenvalue weighted by Gasteiger charge is 2.30. The number of nitrogens with zero attached hydrogens (tertiary/aromatic N) is 3. The van der Waals surface area contributed by atoms with Crippen molar-refractivity contribution in [2.75, 3.05) is 26.7 Å². The molecule has 118 valence electrons. The first-order valence-corrected chi connectivity index (χ1v) is 9.09. The summed E-state index contributed by atoms with van der Waals surface area (Å²) in [5.41, 5.74) is 0. The summed E-state index contributed by atoms with van der Waals surface area (Å²) in [6, 6.07) is 2.94. The second-order valence-corrected chi connectivity index (χ2v) is 7.79. The molecule has 5 nitrogen and oxygen atoms in total. The van der Waals surface area contributed by atoms with E-state index in [1.165, 1.54) is 22.6 Å². The number of hydrogen-bond acceptors (Lipinski definition) is 4. The van der Waals surface area contributed by atoms with E-state index < -0.39 is 10.0 Å². The lowest BCUT2D eigenvalue weighted by molar-refractivity contribution is 0.170. The van der Waals surface area contributed by atoms with Gasteiger partial charge in [0.05, 0.1) is 4.90 Å². The van der Waals surface area contributed by atoms with Gasteiger partial charge in [-0.3, -0.25) is 0 Å². The Morgan fingerprint density at radius 1 is 1.43 bits per heavy atom. The molecule has 1 aliphatic rings. The van der Waals surface area contributed by atoms with E-state index in [0.717, 1.165) is 38.9 Å². The van der Waals surface area contributed by atoms with Crippen LogP contribution in [-0.2, 0) is 10.0 Å². The molecule has 0 N–H and O–H groups in total. The number of sulfonamides is 1. The molecule has 0 atom stereocenters. The predicted molar refractivity (Wildman–Crippen MR) is 83.9 cm³/mol. The Morgan fingerprint density at radius 2 is 2.10 bits per heavy atom. The van der Waals surface area contributed by atoms with E-state index >= 15 is 0 Å². The van der Waals surface area contributed by atoms with Crippen LogP contribution in [-0.4, -0.2) is 55.3 Å². The van der Waals surface area contributed by atoms with Crippen LogP contribution < -0.4 is 0 Å². The molecule has 2 heterocycles. The highest BCUT2D eigenvalue weighted by atomic mass is 35.5. The van der Waals surface area contributed by atoms with Crippen LogP contribution in [0.25, 0.3) is 0 Å². The third-order valence-corrected chi connectivity index (χ3v) is 6.10. The molecule has 0 amide bonds. The van der Waals surface area contributed by atoms with Crippen molar-refractivity contribution in [2.24, 2.45) is 0 Å². The molecule has 1 saturated heterocycles. The summed E-state index contributed by atoms with van der Waals surface area (Å²) in [5.74, 6) is 0. The summed E-state index contributed by atoms with van der Waals surface area (Å²) in [4.78, 5) is 6.43. The number of piperidine rings is 1. The van der Waals surface area contributed by atoms with Crippen LogP contribution in [0.3, 0.4) is 0 Å². The lowest BCUT2D eigenvalue weighted by atomic mass is 10.1. The zero-order valence-corrected chi connectivity index (χ0v) is 14.1. The first kappa shape index (κ1) is 16.7. The van der Waals surface area contributed by atoms with Crippen LogP contribution in [0.1, 0.15) is 26.2 Å². The summed E-state index contributed by atoms with van der Waals surface area (Å²) in [7, 11) is -1.84. The van der Waals surface area contributed by atoms with Crippen molar-refractivity contribution in [3.63, 3.8) is 0 Å². The van der Waals surface area contributed by atoms with Crippen molar-refractivity contribution in [3.8, 4) is 0 Å². The third kappa shape index (κ3) is 3.94. The van der Waals surface area contributed by atoms with Gasteiger partial charge >= 0.3 is 0 Å². The quantitative estimate of drug-likeness (QED) is 0.776. The van der Waals surface area contributed by atoms with Crippen LogP contribution in [0.2, 0.25) is 5.15 Å². The molecule has 21 heavy (non-hydrogen) atoms. The van der Waals surface area contributed by atoms with Gasteiger partial charge in [0.15, 0.2) is 0 Å².